The van der Waals surface area contributed by atoms with Gasteiger partial charge in [0.1, 0.15) is 6.54 Å². The summed E-state index contributed by atoms with van der Waals surface area (Å²) in [6.45, 7) is 12.8. The fraction of sp³-hybridized carbons (Fsp3) is 0.750. The van der Waals surface area contributed by atoms with E-state index in [1.807, 2.05) is 19.9 Å². The van der Waals surface area contributed by atoms with E-state index in [0.29, 0.717) is 6.54 Å². The van der Waals surface area contributed by atoms with Gasteiger partial charge in [-0.25, -0.2) is 0 Å². The lowest BCUT2D eigenvalue weighted by Crippen LogP contribution is -2.43. The normalized spacial score (nSPS) is 23.2. The fourth-order valence-corrected chi connectivity index (χ4v) is 3.35. The Morgan fingerprint density at radius 3 is 2.57 bits per heavy atom. The second kappa shape index (κ2) is 7.07. The molecule has 1 fully saturated rings. The summed E-state index contributed by atoms with van der Waals surface area (Å²) < 4.78 is 1.76. The zero-order valence-corrected chi connectivity index (χ0v) is 13.7. The van der Waals surface area contributed by atoms with E-state index in [-0.39, 0.29) is 5.91 Å². The number of rotatable bonds is 5. The van der Waals surface area contributed by atoms with Crippen LogP contribution in [-0.2, 0) is 11.3 Å². The van der Waals surface area contributed by atoms with Crippen molar-refractivity contribution in [2.24, 2.45) is 11.8 Å². The number of aromatic nitrogens is 2. The first kappa shape index (κ1) is 16.0. The third-order valence-electron chi connectivity index (χ3n) is 4.09. The maximum Gasteiger partial charge on any atom is 0.241 e. The van der Waals surface area contributed by atoms with Crippen molar-refractivity contribution >= 4 is 5.91 Å². The average molecular weight is 292 g/mol. The van der Waals surface area contributed by atoms with Crippen molar-refractivity contribution in [2.45, 2.75) is 40.7 Å². The molecule has 0 aromatic carbocycles. The summed E-state index contributed by atoms with van der Waals surface area (Å²) in [6.07, 6.45) is 1.32. The second-order valence-corrected chi connectivity index (χ2v) is 6.64. The number of nitrogens with one attached hydrogen (secondary N) is 1. The molecule has 1 N–H and O–H groups in total. The van der Waals surface area contributed by atoms with E-state index in [0.717, 1.165) is 49.4 Å². The average Bonchev–Trinajstić information content (AvgIpc) is 2.66. The first-order valence-corrected chi connectivity index (χ1v) is 7.94. The van der Waals surface area contributed by atoms with Gasteiger partial charge in [-0.3, -0.25) is 9.48 Å². The number of hydrogen-bond acceptors (Lipinski definition) is 3. The minimum atomic E-state index is 0.0410. The van der Waals surface area contributed by atoms with Crippen LogP contribution in [0.25, 0.3) is 0 Å². The molecule has 0 spiro atoms. The van der Waals surface area contributed by atoms with Crippen LogP contribution in [0.1, 0.15) is 31.7 Å². The predicted octanol–water partition coefficient (Wildman–Crippen LogP) is 1.59. The van der Waals surface area contributed by atoms with Crippen LogP contribution in [0.5, 0.6) is 0 Å². The van der Waals surface area contributed by atoms with Gasteiger partial charge in [0.2, 0.25) is 5.91 Å². The number of piperidine rings is 1. The smallest absolute Gasteiger partial charge is 0.241 e. The predicted molar refractivity (Wildman–Crippen MR) is 84.1 cm³/mol. The highest BCUT2D eigenvalue weighted by Crippen LogP contribution is 2.20. The van der Waals surface area contributed by atoms with Gasteiger partial charge in [-0.05, 0) is 38.2 Å². The van der Waals surface area contributed by atoms with Crippen molar-refractivity contribution in [2.75, 3.05) is 26.2 Å². The summed E-state index contributed by atoms with van der Waals surface area (Å²) in [5, 5.41) is 7.32. The Hall–Kier alpha value is -1.36. The van der Waals surface area contributed by atoms with Crippen LogP contribution in [0, 0.1) is 25.7 Å². The lowest BCUT2D eigenvalue weighted by Gasteiger charge is -2.34. The highest BCUT2D eigenvalue weighted by molar-refractivity contribution is 5.75. The Kier molecular flexibility index (Phi) is 5.39. The van der Waals surface area contributed by atoms with Gasteiger partial charge in [-0.15, -0.1) is 0 Å². The van der Waals surface area contributed by atoms with Gasteiger partial charge in [0.05, 0.1) is 5.69 Å². The molecule has 1 aromatic rings. The number of hydrogen-bond donors (Lipinski definition) is 1. The summed E-state index contributed by atoms with van der Waals surface area (Å²) in [5.41, 5.74) is 1.98. The third-order valence-corrected chi connectivity index (χ3v) is 4.09. The molecule has 1 saturated heterocycles. The molecule has 0 radical (unpaired) electrons. The van der Waals surface area contributed by atoms with Gasteiger partial charge < -0.3 is 10.2 Å². The Labute approximate surface area is 127 Å². The molecule has 5 nitrogen and oxygen atoms in total. The number of aryl methyl sites for hydroxylation is 2. The minimum absolute atomic E-state index is 0.0410. The van der Waals surface area contributed by atoms with Crippen LogP contribution in [0.4, 0.5) is 0 Å². The monoisotopic (exact) mass is 292 g/mol. The summed E-state index contributed by atoms with van der Waals surface area (Å²) in [6, 6.07) is 1.99. The van der Waals surface area contributed by atoms with Gasteiger partial charge in [0, 0.05) is 31.9 Å². The van der Waals surface area contributed by atoms with E-state index in [1.54, 1.807) is 4.68 Å². The van der Waals surface area contributed by atoms with E-state index in [4.69, 9.17) is 0 Å². The van der Waals surface area contributed by atoms with Crippen LogP contribution in [0.15, 0.2) is 6.07 Å². The Balaban J connectivity index is 1.71. The molecule has 2 atom stereocenters. The van der Waals surface area contributed by atoms with Crippen molar-refractivity contribution < 1.29 is 4.79 Å². The molecule has 21 heavy (non-hydrogen) atoms. The molecule has 1 amide bonds. The Morgan fingerprint density at radius 1 is 1.33 bits per heavy atom. The molecule has 0 saturated carbocycles. The molecule has 1 aromatic heterocycles. The fourth-order valence-electron chi connectivity index (χ4n) is 3.35. The molecule has 1 aliphatic heterocycles. The number of carbonyl (C=O) groups is 1. The van der Waals surface area contributed by atoms with Gasteiger partial charge in [0.25, 0.3) is 0 Å². The number of likely N-dealkylation sites (tertiary alicyclic amines) is 1. The van der Waals surface area contributed by atoms with E-state index in [2.05, 4.69) is 29.2 Å². The standard InChI is InChI=1S/C16H28N4O/c1-12-7-13(2)10-19(9-12)6-5-17-16(21)11-20-15(4)8-14(3)18-20/h8,12-13H,5-7,9-11H2,1-4H3,(H,17,21)/t12-,13-/m0/s1. The first-order valence-electron chi connectivity index (χ1n) is 7.94. The second-order valence-electron chi connectivity index (χ2n) is 6.64. The molecule has 2 heterocycles. The van der Waals surface area contributed by atoms with Gasteiger partial charge in [0.15, 0.2) is 0 Å². The largest absolute Gasteiger partial charge is 0.353 e. The lowest BCUT2D eigenvalue weighted by molar-refractivity contribution is -0.121. The van der Waals surface area contributed by atoms with E-state index in [9.17, 15) is 4.79 Å². The van der Waals surface area contributed by atoms with Crippen LogP contribution in [-0.4, -0.2) is 46.8 Å². The maximum atomic E-state index is 12.0. The molecular formula is C16H28N4O. The third kappa shape index (κ3) is 4.84. The van der Waals surface area contributed by atoms with Gasteiger partial charge in [-0.1, -0.05) is 13.8 Å². The zero-order chi connectivity index (χ0) is 15.4. The van der Waals surface area contributed by atoms with Crippen molar-refractivity contribution in [1.82, 2.24) is 20.0 Å². The van der Waals surface area contributed by atoms with Crippen LogP contribution < -0.4 is 5.32 Å². The highest BCUT2D eigenvalue weighted by Gasteiger charge is 2.21. The number of nitrogens with zero attached hydrogens (tertiary/aromatic N) is 3. The molecular weight excluding hydrogens is 264 g/mol. The molecule has 0 bridgehead atoms. The van der Waals surface area contributed by atoms with Gasteiger partial charge >= 0.3 is 0 Å². The summed E-state index contributed by atoms with van der Waals surface area (Å²) in [5.74, 6) is 1.57. The van der Waals surface area contributed by atoms with Gasteiger partial charge in [-0.2, -0.15) is 5.10 Å². The maximum absolute atomic E-state index is 12.0. The summed E-state index contributed by atoms with van der Waals surface area (Å²) in [4.78, 5) is 14.4. The lowest BCUT2D eigenvalue weighted by atomic mass is 9.92. The van der Waals surface area contributed by atoms with Crippen molar-refractivity contribution in [1.29, 1.82) is 0 Å². The van der Waals surface area contributed by atoms with Crippen molar-refractivity contribution in [3.05, 3.63) is 17.5 Å². The molecule has 2 rings (SSSR count). The topological polar surface area (TPSA) is 50.2 Å². The molecule has 5 heteroatoms. The van der Waals surface area contributed by atoms with Crippen LogP contribution in [0.3, 0.4) is 0 Å². The summed E-state index contributed by atoms with van der Waals surface area (Å²) in [7, 11) is 0. The van der Waals surface area contributed by atoms with E-state index < -0.39 is 0 Å². The minimum Gasteiger partial charge on any atom is -0.353 e. The first-order chi connectivity index (χ1) is 9.94. The Morgan fingerprint density at radius 2 is 2.00 bits per heavy atom. The highest BCUT2D eigenvalue weighted by atomic mass is 16.2. The summed E-state index contributed by atoms with van der Waals surface area (Å²) >= 11 is 0. The molecule has 118 valence electrons. The number of amides is 1. The molecule has 1 aliphatic rings. The van der Waals surface area contributed by atoms with E-state index >= 15 is 0 Å². The van der Waals surface area contributed by atoms with Crippen LogP contribution in [0.2, 0.25) is 0 Å². The quantitative estimate of drug-likeness (QED) is 0.897. The molecule has 0 aliphatic carbocycles. The molecule has 0 unspecified atom stereocenters. The van der Waals surface area contributed by atoms with E-state index in [1.165, 1.54) is 6.42 Å². The SMILES string of the molecule is Cc1cc(C)n(CC(=O)NCCN2C[C@@H](C)C[C@H](C)C2)n1. The Bertz CT molecular complexity index is 473. The van der Waals surface area contributed by atoms with Crippen molar-refractivity contribution in [3.63, 3.8) is 0 Å². The zero-order valence-electron chi connectivity index (χ0n) is 13.7. The number of carbonyl (C=O) groups excluding carboxylic acids is 1. The van der Waals surface area contributed by atoms with Crippen molar-refractivity contribution in [3.8, 4) is 0 Å². The van der Waals surface area contributed by atoms with Crippen LogP contribution >= 0.6 is 0 Å².